The standard InChI is InChI=1S/C25H28BNO6S/c1-6-31-23(28)20-17-21(26-32-24(2,3)25(4,5)33-26)27(22(20)18-13-9-7-10-14-18)34(29,30)19-15-11-8-12-16-19/h7-17H,6H2,1-5H3. The van der Waals surface area contributed by atoms with Gasteiger partial charge in [-0.3, -0.25) is 0 Å². The predicted molar refractivity (Wildman–Crippen MR) is 131 cm³/mol. The SMILES string of the molecule is CCOC(=O)c1cc(B2OC(C)(C)C(C)(C)O2)n(S(=O)(=O)c2ccccc2)c1-c1ccccc1. The van der Waals surface area contributed by atoms with E-state index in [0.29, 0.717) is 5.56 Å². The van der Waals surface area contributed by atoms with Gasteiger partial charge in [0.15, 0.2) is 0 Å². The summed E-state index contributed by atoms with van der Waals surface area (Å²) < 4.78 is 46.9. The van der Waals surface area contributed by atoms with Crippen molar-refractivity contribution in [3.63, 3.8) is 0 Å². The zero-order chi connectivity index (χ0) is 24.7. The van der Waals surface area contributed by atoms with Crippen molar-refractivity contribution in [3.8, 4) is 11.3 Å². The van der Waals surface area contributed by atoms with Crippen LogP contribution in [0.25, 0.3) is 11.3 Å². The van der Waals surface area contributed by atoms with Crippen molar-refractivity contribution in [1.82, 2.24) is 3.97 Å². The summed E-state index contributed by atoms with van der Waals surface area (Å²) in [6, 6.07) is 18.5. The van der Waals surface area contributed by atoms with Gasteiger partial charge >= 0.3 is 13.1 Å². The normalized spacial score (nSPS) is 17.0. The van der Waals surface area contributed by atoms with Gasteiger partial charge in [-0.25, -0.2) is 17.2 Å². The highest BCUT2D eigenvalue weighted by molar-refractivity contribution is 7.90. The van der Waals surface area contributed by atoms with Crippen molar-refractivity contribution in [2.75, 3.05) is 6.61 Å². The quantitative estimate of drug-likeness (QED) is 0.393. The van der Waals surface area contributed by atoms with Crippen LogP contribution < -0.4 is 5.59 Å². The largest absolute Gasteiger partial charge is 0.513 e. The third kappa shape index (κ3) is 4.08. The Kier molecular flexibility index (Phi) is 6.22. The summed E-state index contributed by atoms with van der Waals surface area (Å²) in [6.07, 6.45) is 0. The van der Waals surface area contributed by atoms with Gasteiger partial charge in [0.05, 0.1) is 39.6 Å². The Hall–Kier alpha value is -2.88. The van der Waals surface area contributed by atoms with E-state index in [2.05, 4.69) is 0 Å². The van der Waals surface area contributed by atoms with Crippen LogP contribution in [0.5, 0.6) is 0 Å². The Morgan fingerprint density at radius 3 is 2.00 bits per heavy atom. The van der Waals surface area contributed by atoms with Gasteiger partial charge in [0, 0.05) is 5.56 Å². The minimum Gasteiger partial charge on any atom is -0.462 e. The topological polar surface area (TPSA) is 83.8 Å². The maximum Gasteiger partial charge on any atom is 0.513 e. The van der Waals surface area contributed by atoms with Crippen LogP contribution >= 0.6 is 0 Å². The number of ether oxygens (including phenoxy) is 1. The van der Waals surface area contributed by atoms with E-state index in [0.717, 1.165) is 3.97 Å². The number of hydrogen-bond acceptors (Lipinski definition) is 6. The average Bonchev–Trinajstić information content (AvgIpc) is 3.30. The van der Waals surface area contributed by atoms with E-state index in [-0.39, 0.29) is 28.4 Å². The number of esters is 1. The molecule has 34 heavy (non-hydrogen) atoms. The summed E-state index contributed by atoms with van der Waals surface area (Å²) in [7, 11) is -5.16. The number of hydrogen-bond donors (Lipinski definition) is 0. The molecule has 178 valence electrons. The highest BCUT2D eigenvalue weighted by atomic mass is 32.2. The molecule has 0 bridgehead atoms. The lowest BCUT2D eigenvalue weighted by Gasteiger charge is -2.32. The monoisotopic (exact) mass is 481 g/mol. The first-order valence-corrected chi connectivity index (χ1v) is 12.6. The molecule has 1 aromatic heterocycles. The molecule has 4 rings (SSSR count). The zero-order valence-corrected chi connectivity index (χ0v) is 20.8. The van der Waals surface area contributed by atoms with Crippen LogP contribution in [0, 0.1) is 0 Å². The predicted octanol–water partition coefficient (Wildman–Crippen LogP) is 3.87. The minimum atomic E-state index is -4.14. The molecule has 0 aliphatic carbocycles. The maximum atomic E-state index is 14.0. The fourth-order valence-corrected chi connectivity index (χ4v) is 5.40. The summed E-state index contributed by atoms with van der Waals surface area (Å²) in [5, 5.41) is 0. The molecule has 1 saturated heterocycles. The van der Waals surface area contributed by atoms with Crippen molar-refractivity contribution in [1.29, 1.82) is 0 Å². The van der Waals surface area contributed by atoms with Crippen LogP contribution in [0.2, 0.25) is 0 Å². The number of rotatable bonds is 6. The van der Waals surface area contributed by atoms with Crippen molar-refractivity contribution in [3.05, 3.63) is 72.3 Å². The van der Waals surface area contributed by atoms with E-state index in [1.54, 1.807) is 49.4 Å². The van der Waals surface area contributed by atoms with Crippen LogP contribution in [-0.4, -0.2) is 43.3 Å². The summed E-state index contributed by atoms with van der Waals surface area (Å²) >= 11 is 0. The van der Waals surface area contributed by atoms with Gasteiger partial charge in [-0.05, 0) is 52.8 Å². The maximum absolute atomic E-state index is 14.0. The van der Waals surface area contributed by atoms with Gasteiger partial charge in [-0.2, -0.15) is 0 Å². The molecule has 1 aliphatic rings. The molecule has 0 saturated carbocycles. The highest BCUT2D eigenvalue weighted by Crippen LogP contribution is 2.38. The molecule has 0 N–H and O–H groups in total. The molecule has 2 aromatic carbocycles. The molecule has 0 atom stereocenters. The molecule has 7 nitrogen and oxygen atoms in total. The molecule has 1 fully saturated rings. The average molecular weight is 481 g/mol. The van der Waals surface area contributed by atoms with E-state index in [1.165, 1.54) is 18.2 Å². The number of benzene rings is 2. The van der Waals surface area contributed by atoms with Crippen molar-refractivity contribution in [2.24, 2.45) is 0 Å². The summed E-state index contributed by atoms with van der Waals surface area (Å²) in [5.41, 5.74) is -0.345. The molecular formula is C25H28BNO6S. The summed E-state index contributed by atoms with van der Waals surface area (Å²) in [6.45, 7) is 9.39. The van der Waals surface area contributed by atoms with Gasteiger partial charge < -0.3 is 14.0 Å². The molecule has 9 heteroatoms. The lowest BCUT2D eigenvalue weighted by atomic mass is 9.85. The zero-order valence-electron chi connectivity index (χ0n) is 19.9. The molecule has 0 spiro atoms. The van der Waals surface area contributed by atoms with E-state index >= 15 is 0 Å². The molecule has 2 heterocycles. The lowest BCUT2D eigenvalue weighted by Crippen LogP contribution is -2.41. The summed E-state index contributed by atoms with van der Waals surface area (Å²) in [4.78, 5) is 13.1. The van der Waals surface area contributed by atoms with Crippen molar-refractivity contribution < 1.29 is 27.3 Å². The molecule has 1 aliphatic heterocycles. The van der Waals surface area contributed by atoms with E-state index in [4.69, 9.17) is 14.0 Å². The van der Waals surface area contributed by atoms with Crippen molar-refractivity contribution in [2.45, 2.75) is 50.7 Å². The first kappa shape index (κ1) is 24.3. The summed E-state index contributed by atoms with van der Waals surface area (Å²) in [5.74, 6) is -0.624. The van der Waals surface area contributed by atoms with Crippen molar-refractivity contribution >= 4 is 28.7 Å². The van der Waals surface area contributed by atoms with E-state index in [9.17, 15) is 13.2 Å². The number of carbonyl (C=O) groups is 1. The Bertz CT molecular complexity index is 1280. The Balaban J connectivity index is 2.05. The number of carbonyl (C=O) groups excluding carboxylic acids is 1. The fourth-order valence-electron chi connectivity index (χ4n) is 3.83. The third-order valence-corrected chi connectivity index (χ3v) is 8.05. The molecule has 0 amide bonds. The van der Waals surface area contributed by atoms with Gasteiger partial charge in [-0.1, -0.05) is 48.5 Å². The highest BCUT2D eigenvalue weighted by Gasteiger charge is 2.54. The first-order valence-electron chi connectivity index (χ1n) is 11.1. The Morgan fingerprint density at radius 1 is 0.941 bits per heavy atom. The third-order valence-electron chi connectivity index (χ3n) is 6.30. The molecule has 3 aromatic rings. The molecule has 0 unspecified atom stereocenters. The van der Waals surface area contributed by atoms with Crippen LogP contribution in [0.4, 0.5) is 0 Å². The van der Waals surface area contributed by atoms with Gasteiger partial charge in [-0.15, -0.1) is 0 Å². The fraction of sp³-hybridized carbons (Fsp3) is 0.320. The van der Waals surface area contributed by atoms with Crippen LogP contribution in [0.1, 0.15) is 45.0 Å². The molecule has 0 radical (unpaired) electrons. The second-order valence-electron chi connectivity index (χ2n) is 9.09. The van der Waals surface area contributed by atoms with Gasteiger partial charge in [0.1, 0.15) is 0 Å². The van der Waals surface area contributed by atoms with Gasteiger partial charge in [0.25, 0.3) is 10.0 Å². The van der Waals surface area contributed by atoms with Crippen LogP contribution in [-0.2, 0) is 24.1 Å². The number of nitrogens with zero attached hydrogens (tertiary/aromatic N) is 1. The first-order chi connectivity index (χ1) is 16.0. The second-order valence-corrected chi connectivity index (χ2v) is 10.9. The second kappa shape index (κ2) is 8.72. The lowest BCUT2D eigenvalue weighted by molar-refractivity contribution is 0.00578. The minimum absolute atomic E-state index is 0.0796. The van der Waals surface area contributed by atoms with E-state index < -0.39 is 34.3 Å². The smallest absolute Gasteiger partial charge is 0.462 e. The Morgan fingerprint density at radius 2 is 1.47 bits per heavy atom. The van der Waals surface area contributed by atoms with Crippen LogP contribution in [0.3, 0.4) is 0 Å². The van der Waals surface area contributed by atoms with Crippen LogP contribution in [0.15, 0.2) is 71.6 Å². The van der Waals surface area contributed by atoms with E-state index in [1.807, 2.05) is 33.8 Å². The van der Waals surface area contributed by atoms with Gasteiger partial charge in [0.2, 0.25) is 0 Å². The number of aromatic nitrogens is 1. The molecular weight excluding hydrogens is 453 g/mol. The Labute approximate surface area is 200 Å².